The van der Waals surface area contributed by atoms with Gasteiger partial charge in [0.2, 0.25) is 5.82 Å². The number of benzene rings is 2. The molecule has 0 spiro atoms. The van der Waals surface area contributed by atoms with Crippen LogP contribution in [0, 0.1) is 6.92 Å². The number of rotatable bonds is 7. The molecule has 0 saturated carbocycles. The third kappa shape index (κ3) is 4.37. The van der Waals surface area contributed by atoms with Crippen molar-refractivity contribution in [3.8, 4) is 11.4 Å². The fourth-order valence-electron chi connectivity index (χ4n) is 3.92. The lowest BCUT2D eigenvalue weighted by molar-refractivity contribution is 0.0930. The first-order valence-corrected chi connectivity index (χ1v) is 10.8. The molecule has 1 atom stereocenters. The molecule has 0 saturated heterocycles. The van der Waals surface area contributed by atoms with Crippen molar-refractivity contribution in [2.45, 2.75) is 32.7 Å². The highest BCUT2D eigenvalue weighted by atomic mass is 16.5. The van der Waals surface area contributed by atoms with E-state index in [-0.39, 0.29) is 5.82 Å². The van der Waals surface area contributed by atoms with E-state index in [0.717, 1.165) is 16.8 Å². The number of aryl methyl sites for hydroxylation is 2. The molecule has 4 rings (SSSR count). The Hall–Kier alpha value is -3.94. The predicted octanol–water partition coefficient (Wildman–Crippen LogP) is 3.96. The second kappa shape index (κ2) is 9.28. The summed E-state index contributed by atoms with van der Waals surface area (Å²) in [7, 11) is 3.49. The maximum absolute atomic E-state index is 13.3. The first-order chi connectivity index (χ1) is 15.9. The van der Waals surface area contributed by atoms with Crippen LogP contribution < -0.4 is 10.1 Å². The summed E-state index contributed by atoms with van der Waals surface area (Å²) in [6.45, 7) is 6.10. The average Bonchev–Trinajstić information content (AvgIpc) is 3.42. The van der Waals surface area contributed by atoms with E-state index >= 15 is 0 Å². The van der Waals surface area contributed by atoms with E-state index in [1.54, 1.807) is 18.0 Å². The molecule has 2 heterocycles. The van der Waals surface area contributed by atoms with Crippen LogP contribution >= 0.6 is 0 Å². The molecule has 2 aromatic carbocycles. The number of ether oxygens (including phenoxy) is 1. The molecule has 8 heteroatoms. The molecule has 1 unspecified atom stereocenters. The Morgan fingerprint density at radius 3 is 2.42 bits per heavy atom. The Kier molecular flexibility index (Phi) is 6.26. The van der Waals surface area contributed by atoms with Gasteiger partial charge >= 0.3 is 0 Å². The van der Waals surface area contributed by atoms with Crippen molar-refractivity contribution in [2.75, 3.05) is 7.11 Å². The van der Waals surface area contributed by atoms with Gasteiger partial charge in [0.1, 0.15) is 23.4 Å². The summed E-state index contributed by atoms with van der Waals surface area (Å²) < 4.78 is 9.14. The Morgan fingerprint density at radius 2 is 1.76 bits per heavy atom. The summed E-state index contributed by atoms with van der Waals surface area (Å²) in [5, 5.41) is 7.61. The third-order valence-electron chi connectivity index (χ3n) is 5.60. The fourth-order valence-corrected chi connectivity index (χ4v) is 3.92. The molecule has 1 N–H and O–H groups in total. The van der Waals surface area contributed by atoms with Crippen molar-refractivity contribution in [3.63, 3.8) is 0 Å². The number of amides is 1. The normalized spacial score (nSPS) is 12.1. The van der Waals surface area contributed by atoms with Gasteiger partial charge in [-0.2, -0.15) is 0 Å². The predicted molar refractivity (Wildman–Crippen MR) is 126 cm³/mol. The van der Waals surface area contributed by atoms with Crippen LogP contribution in [0.3, 0.4) is 0 Å². The van der Waals surface area contributed by atoms with E-state index in [1.807, 2.05) is 67.2 Å². The summed E-state index contributed by atoms with van der Waals surface area (Å²) in [5.74, 6) is 1.98. The highest BCUT2D eigenvalue weighted by Gasteiger charge is 2.26. The molecular weight excluding hydrogens is 416 g/mol. The standard InChI is InChI=1S/C25H28N6O2/c1-16(2)18-10-6-8-12-20(18)31-17(3)27-23(29-31)25(32)28-22(24-26-14-15-30(24)4)19-11-7-9-13-21(19)33-5/h6-16,22H,1-5H3,(H,28,32). The SMILES string of the molecule is COc1ccccc1C(NC(=O)c1nc(C)n(-c2ccccc2C(C)C)n1)c1nccn1C. The number of carbonyl (C=O) groups is 1. The van der Waals surface area contributed by atoms with Gasteiger partial charge in [0.05, 0.1) is 12.8 Å². The van der Waals surface area contributed by atoms with Crippen molar-refractivity contribution < 1.29 is 9.53 Å². The van der Waals surface area contributed by atoms with Gasteiger partial charge in [0, 0.05) is 25.0 Å². The topological polar surface area (TPSA) is 86.9 Å². The molecule has 0 aliphatic carbocycles. The molecule has 8 nitrogen and oxygen atoms in total. The minimum atomic E-state index is -0.538. The maximum Gasteiger partial charge on any atom is 0.291 e. The number of imidazole rings is 1. The van der Waals surface area contributed by atoms with Crippen LogP contribution in [0.25, 0.3) is 5.69 Å². The lowest BCUT2D eigenvalue weighted by Crippen LogP contribution is -2.32. The van der Waals surface area contributed by atoms with Crippen LogP contribution in [0.4, 0.5) is 0 Å². The van der Waals surface area contributed by atoms with Crippen LogP contribution in [0.15, 0.2) is 60.9 Å². The minimum absolute atomic E-state index is 0.0974. The Labute approximate surface area is 193 Å². The zero-order valence-corrected chi connectivity index (χ0v) is 19.5. The summed E-state index contributed by atoms with van der Waals surface area (Å²) in [4.78, 5) is 22.2. The molecule has 33 heavy (non-hydrogen) atoms. The lowest BCUT2D eigenvalue weighted by atomic mass is 10.0. The van der Waals surface area contributed by atoms with Gasteiger partial charge in [-0.25, -0.2) is 14.6 Å². The van der Waals surface area contributed by atoms with Crippen molar-refractivity contribution in [1.82, 2.24) is 29.6 Å². The zero-order chi connectivity index (χ0) is 23.5. The van der Waals surface area contributed by atoms with Crippen LogP contribution in [0.2, 0.25) is 0 Å². The van der Waals surface area contributed by atoms with Gasteiger partial charge in [-0.15, -0.1) is 5.10 Å². The van der Waals surface area contributed by atoms with E-state index < -0.39 is 11.9 Å². The summed E-state index contributed by atoms with van der Waals surface area (Å²) >= 11 is 0. The maximum atomic E-state index is 13.3. The number of nitrogens with zero attached hydrogens (tertiary/aromatic N) is 5. The number of hydrogen-bond acceptors (Lipinski definition) is 5. The summed E-state index contributed by atoms with van der Waals surface area (Å²) in [5.41, 5.74) is 2.85. The second-order valence-corrected chi connectivity index (χ2v) is 8.15. The Morgan fingerprint density at radius 1 is 1.06 bits per heavy atom. The first kappa shape index (κ1) is 22.3. The number of para-hydroxylation sites is 2. The van der Waals surface area contributed by atoms with Crippen molar-refractivity contribution >= 4 is 5.91 Å². The van der Waals surface area contributed by atoms with E-state index in [0.29, 0.717) is 23.3 Å². The van der Waals surface area contributed by atoms with E-state index in [1.165, 1.54) is 0 Å². The van der Waals surface area contributed by atoms with Crippen LogP contribution in [0.5, 0.6) is 5.75 Å². The minimum Gasteiger partial charge on any atom is -0.496 e. The van der Waals surface area contributed by atoms with Crippen molar-refractivity contribution in [1.29, 1.82) is 0 Å². The van der Waals surface area contributed by atoms with Gasteiger partial charge in [-0.1, -0.05) is 50.2 Å². The molecule has 0 aliphatic heterocycles. The second-order valence-electron chi connectivity index (χ2n) is 8.15. The number of carbonyl (C=O) groups excluding carboxylic acids is 1. The fraction of sp³-hybridized carbons (Fsp3) is 0.280. The molecule has 0 aliphatic rings. The van der Waals surface area contributed by atoms with Crippen LogP contribution in [-0.2, 0) is 7.05 Å². The highest BCUT2D eigenvalue weighted by molar-refractivity contribution is 5.91. The molecule has 4 aromatic rings. The zero-order valence-electron chi connectivity index (χ0n) is 19.5. The summed E-state index contributed by atoms with van der Waals surface area (Å²) in [6.07, 6.45) is 3.54. The van der Waals surface area contributed by atoms with Crippen LogP contribution in [-0.4, -0.2) is 37.3 Å². The smallest absolute Gasteiger partial charge is 0.291 e. The monoisotopic (exact) mass is 444 g/mol. The highest BCUT2D eigenvalue weighted by Crippen LogP contribution is 2.29. The van der Waals surface area contributed by atoms with Gasteiger partial charge in [-0.05, 0) is 30.5 Å². The molecule has 2 aromatic heterocycles. The molecule has 0 bridgehead atoms. The molecule has 0 radical (unpaired) electrons. The number of methoxy groups -OCH3 is 1. The van der Waals surface area contributed by atoms with Gasteiger partial charge in [-0.3, -0.25) is 4.79 Å². The molecule has 0 fully saturated rings. The number of hydrogen-bond donors (Lipinski definition) is 1. The van der Waals surface area contributed by atoms with Gasteiger partial charge in [0.25, 0.3) is 5.91 Å². The Bertz CT molecular complexity index is 1270. The molecular formula is C25H28N6O2. The third-order valence-corrected chi connectivity index (χ3v) is 5.60. The Balaban J connectivity index is 1.71. The van der Waals surface area contributed by atoms with E-state index in [2.05, 4.69) is 40.3 Å². The largest absolute Gasteiger partial charge is 0.496 e. The van der Waals surface area contributed by atoms with Crippen molar-refractivity contribution in [2.24, 2.45) is 7.05 Å². The quantitative estimate of drug-likeness (QED) is 0.466. The average molecular weight is 445 g/mol. The first-order valence-electron chi connectivity index (χ1n) is 10.8. The molecule has 170 valence electrons. The molecule has 1 amide bonds. The van der Waals surface area contributed by atoms with E-state index in [4.69, 9.17) is 4.74 Å². The number of nitrogens with one attached hydrogen (secondary N) is 1. The van der Waals surface area contributed by atoms with Gasteiger partial charge in [0.15, 0.2) is 0 Å². The van der Waals surface area contributed by atoms with Crippen molar-refractivity contribution in [3.05, 3.63) is 89.5 Å². The lowest BCUT2D eigenvalue weighted by Gasteiger charge is -2.20. The van der Waals surface area contributed by atoms with E-state index in [9.17, 15) is 4.79 Å². The van der Waals surface area contributed by atoms with Gasteiger partial charge < -0.3 is 14.6 Å². The summed E-state index contributed by atoms with van der Waals surface area (Å²) in [6, 6.07) is 15.0. The number of aromatic nitrogens is 5. The van der Waals surface area contributed by atoms with Crippen LogP contribution in [0.1, 0.15) is 59.2 Å².